The molecule has 0 atom stereocenters. The van der Waals surface area contributed by atoms with Gasteiger partial charge in [0.05, 0.1) is 10.9 Å². The molecule has 7 heteroatoms. The fraction of sp³-hybridized carbons (Fsp3) is 0.333. The van der Waals surface area contributed by atoms with Gasteiger partial charge in [0, 0.05) is 11.7 Å². The second-order valence-electron chi connectivity index (χ2n) is 6.79. The first-order valence-electron chi connectivity index (χ1n) is 8.21. The van der Waals surface area contributed by atoms with E-state index in [0.717, 1.165) is 18.4 Å². The van der Waals surface area contributed by atoms with Gasteiger partial charge in [0.2, 0.25) is 5.71 Å². The van der Waals surface area contributed by atoms with Crippen LogP contribution in [0.3, 0.4) is 0 Å². The van der Waals surface area contributed by atoms with Gasteiger partial charge in [0.15, 0.2) is 0 Å². The van der Waals surface area contributed by atoms with Gasteiger partial charge in [0.25, 0.3) is 5.91 Å². The molecule has 0 bridgehead atoms. The van der Waals surface area contributed by atoms with Crippen molar-refractivity contribution in [2.24, 2.45) is 0 Å². The molecule has 1 aliphatic carbocycles. The van der Waals surface area contributed by atoms with E-state index in [-0.39, 0.29) is 11.4 Å². The van der Waals surface area contributed by atoms with Crippen molar-refractivity contribution < 1.29 is 9.21 Å². The lowest BCUT2D eigenvalue weighted by Gasteiger charge is -2.13. The van der Waals surface area contributed by atoms with E-state index in [2.05, 4.69) is 32.5 Å². The van der Waals surface area contributed by atoms with Gasteiger partial charge >= 0.3 is 0 Å². The van der Waals surface area contributed by atoms with E-state index in [9.17, 15) is 4.79 Å². The summed E-state index contributed by atoms with van der Waals surface area (Å²) < 4.78 is 5.68. The first-order valence-corrected chi connectivity index (χ1v) is 8.21. The smallest absolute Gasteiger partial charge is 0.261 e. The molecule has 1 aliphatic rings. The van der Waals surface area contributed by atoms with Gasteiger partial charge in [0.1, 0.15) is 23.7 Å². The molecule has 3 aromatic heterocycles. The Hall–Kier alpha value is -2.96. The maximum atomic E-state index is 12.9. The van der Waals surface area contributed by atoms with Crippen LogP contribution in [0.2, 0.25) is 0 Å². The van der Waals surface area contributed by atoms with Gasteiger partial charge in [-0.15, -0.1) is 0 Å². The fourth-order valence-corrected chi connectivity index (χ4v) is 2.79. The number of fused-ring (bicyclic) bond motifs is 1. The summed E-state index contributed by atoms with van der Waals surface area (Å²) in [6, 6.07) is 3.69. The molecular formula is C18H19N5O2. The van der Waals surface area contributed by atoms with E-state index in [1.807, 2.05) is 19.1 Å². The highest BCUT2D eigenvalue weighted by Crippen LogP contribution is 2.40. The van der Waals surface area contributed by atoms with Crippen molar-refractivity contribution in [2.75, 3.05) is 10.6 Å². The van der Waals surface area contributed by atoms with Gasteiger partial charge in [-0.05, 0) is 51.3 Å². The zero-order valence-electron chi connectivity index (χ0n) is 14.4. The number of nitrogens with one attached hydrogen (secondary N) is 2. The summed E-state index contributed by atoms with van der Waals surface area (Å²) in [5.41, 5.74) is 1.89. The Balaban J connectivity index is 1.75. The molecule has 128 valence electrons. The highest BCUT2D eigenvalue weighted by Gasteiger charge is 2.38. The normalized spacial score (nSPS) is 15.2. The van der Waals surface area contributed by atoms with Crippen LogP contribution in [0.1, 0.15) is 41.4 Å². The molecule has 0 unspecified atom stereocenters. The lowest BCUT2D eigenvalue weighted by Crippen LogP contribution is -2.19. The number of nitrogens with zero attached hydrogens (tertiary/aromatic N) is 3. The predicted molar refractivity (Wildman–Crippen MR) is 94.7 cm³/mol. The van der Waals surface area contributed by atoms with Crippen LogP contribution in [-0.4, -0.2) is 26.4 Å². The van der Waals surface area contributed by atoms with E-state index in [1.54, 1.807) is 13.1 Å². The molecule has 1 saturated carbocycles. The SMILES string of the molecule is Cc1ccnc(NC(=O)c2c(C)oc3ncnc(NC4(C)CC4)c23)c1. The summed E-state index contributed by atoms with van der Waals surface area (Å²) in [5.74, 6) is 1.35. The summed E-state index contributed by atoms with van der Waals surface area (Å²) in [6.45, 7) is 5.83. The number of hydrogen-bond donors (Lipinski definition) is 2. The number of anilines is 2. The van der Waals surface area contributed by atoms with Crippen molar-refractivity contribution in [2.45, 2.75) is 39.2 Å². The van der Waals surface area contributed by atoms with Crippen molar-refractivity contribution >= 4 is 28.6 Å². The standard InChI is InChI=1S/C18H19N5O2/c1-10-4-7-19-12(8-10)22-16(24)13-11(2)25-17-14(13)15(20-9-21-17)23-18(3)5-6-18/h4,7-9H,5-6H2,1-3H3,(H,19,22,24)(H,20,21,23). The van der Waals surface area contributed by atoms with Crippen molar-refractivity contribution in [3.05, 3.63) is 41.5 Å². The number of carbonyl (C=O) groups is 1. The molecule has 0 spiro atoms. The minimum atomic E-state index is -0.284. The van der Waals surface area contributed by atoms with Gasteiger partial charge < -0.3 is 15.1 Å². The third kappa shape index (κ3) is 2.93. The van der Waals surface area contributed by atoms with Gasteiger partial charge in [-0.1, -0.05) is 0 Å². The maximum Gasteiger partial charge on any atom is 0.261 e. The first kappa shape index (κ1) is 15.6. The van der Waals surface area contributed by atoms with Gasteiger partial charge in [-0.2, -0.15) is 0 Å². The number of carbonyl (C=O) groups excluding carboxylic acids is 1. The molecular weight excluding hydrogens is 318 g/mol. The quantitative estimate of drug-likeness (QED) is 0.757. The Kier molecular flexibility index (Phi) is 3.45. The van der Waals surface area contributed by atoms with E-state index in [0.29, 0.717) is 34.1 Å². The van der Waals surface area contributed by atoms with E-state index in [1.165, 1.54) is 6.33 Å². The number of hydrogen-bond acceptors (Lipinski definition) is 6. The Bertz CT molecular complexity index is 975. The molecule has 3 heterocycles. The molecule has 0 aliphatic heterocycles. The number of rotatable bonds is 4. The van der Waals surface area contributed by atoms with Crippen LogP contribution in [0.15, 0.2) is 29.1 Å². The minimum absolute atomic E-state index is 0.0261. The monoisotopic (exact) mass is 337 g/mol. The molecule has 25 heavy (non-hydrogen) atoms. The van der Waals surface area contributed by atoms with Crippen LogP contribution in [0, 0.1) is 13.8 Å². The zero-order chi connectivity index (χ0) is 17.6. The van der Waals surface area contributed by atoms with Crippen LogP contribution < -0.4 is 10.6 Å². The third-order valence-corrected chi connectivity index (χ3v) is 4.47. The largest absolute Gasteiger partial charge is 0.442 e. The van der Waals surface area contributed by atoms with Crippen LogP contribution in [-0.2, 0) is 0 Å². The van der Waals surface area contributed by atoms with Crippen LogP contribution in [0.5, 0.6) is 0 Å². The second kappa shape index (κ2) is 5.54. The number of aryl methyl sites for hydroxylation is 2. The second-order valence-corrected chi connectivity index (χ2v) is 6.79. The Morgan fingerprint density at radius 2 is 2.04 bits per heavy atom. The van der Waals surface area contributed by atoms with Crippen LogP contribution >= 0.6 is 0 Å². The fourth-order valence-electron chi connectivity index (χ4n) is 2.79. The molecule has 0 aromatic carbocycles. The van der Waals surface area contributed by atoms with E-state index in [4.69, 9.17) is 4.42 Å². The number of pyridine rings is 1. The summed E-state index contributed by atoms with van der Waals surface area (Å²) in [7, 11) is 0. The van der Waals surface area contributed by atoms with Crippen molar-refractivity contribution in [1.82, 2.24) is 15.0 Å². The molecule has 7 nitrogen and oxygen atoms in total. The Labute approximate surface area is 144 Å². The van der Waals surface area contributed by atoms with Crippen molar-refractivity contribution in [1.29, 1.82) is 0 Å². The summed E-state index contributed by atoms with van der Waals surface area (Å²) in [5, 5.41) is 6.85. The zero-order valence-corrected chi connectivity index (χ0v) is 14.4. The molecule has 4 rings (SSSR count). The topological polar surface area (TPSA) is 92.9 Å². The number of aromatic nitrogens is 3. The van der Waals surface area contributed by atoms with Crippen molar-refractivity contribution in [3.8, 4) is 0 Å². The van der Waals surface area contributed by atoms with E-state index >= 15 is 0 Å². The van der Waals surface area contributed by atoms with Gasteiger partial charge in [-0.3, -0.25) is 4.79 Å². The molecule has 3 aromatic rings. The number of furan rings is 1. The highest BCUT2D eigenvalue weighted by molar-refractivity contribution is 6.15. The Morgan fingerprint density at radius 3 is 2.76 bits per heavy atom. The average molecular weight is 337 g/mol. The first-order chi connectivity index (χ1) is 12.0. The lowest BCUT2D eigenvalue weighted by atomic mass is 10.1. The molecule has 1 amide bonds. The minimum Gasteiger partial charge on any atom is -0.442 e. The van der Waals surface area contributed by atoms with Gasteiger partial charge in [-0.25, -0.2) is 15.0 Å². The summed E-state index contributed by atoms with van der Waals surface area (Å²) in [4.78, 5) is 25.5. The number of amides is 1. The molecule has 1 fully saturated rings. The molecule has 0 radical (unpaired) electrons. The van der Waals surface area contributed by atoms with Crippen LogP contribution in [0.4, 0.5) is 11.6 Å². The summed E-state index contributed by atoms with van der Waals surface area (Å²) in [6.07, 6.45) is 5.26. The Morgan fingerprint density at radius 1 is 1.24 bits per heavy atom. The molecule has 0 saturated heterocycles. The lowest BCUT2D eigenvalue weighted by molar-refractivity contribution is 0.102. The van der Waals surface area contributed by atoms with Crippen LogP contribution in [0.25, 0.3) is 11.1 Å². The van der Waals surface area contributed by atoms with Crippen molar-refractivity contribution in [3.63, 3.8) is 0 Å². The average Bonchev–Trinajstić information content (AvgIpc) is 3.16. The maximum absolute atomic E-state index is 12.9. The third-order valence-electron chi connectivity index (χ3n) is 4.47. The summed E-state index contributed by atoms with van der Waals surface area (Å²) >= 11 is 0. The highest BCUT2D eigenvalue weighted by atomic mass is 16.3. The van der Waals surface area contributed by atoms with E-state index < -0.39 is 0 Å². The predicted octanol–water partition coefficient (Wildman–Crippen LogP) is 3.45. The molecule has 2 N–H and O–H groups in total.